The Morgan fingerprint density at radius 2 is 1.64 bits per heavy atom. The van der Waals surface area contributed by atoms with Crippen LogP contribution in [0.5, 0.6) is 0 Å². The van der Waals surface area contributed by atoms with Gasteiger partial charge in [0.2, 0.25) is 0 Å². The highest BCUT2D eigenvalue weighted by Gasteiger charge is 2.30. The van der Waals surface area contributed by atoms with E-state index in [1.54, 1.807) is 17.0 Å². The smallest absolute Gasteiger partial charge is 0.448 e. The molecule has 1 amide bonds. The predicted molar refractivity (Wildman–Crippen MR) is 137 cm³/mol. The standard InChI is InChI=1S/C26H26BN5O4/c28-30-29-20-14-18(13-19(15-20)27(34)35)16-31-9-11-32(12-10-31)26(33)36-17-25-23-7-3-1-5-21(23)22-6-2-4-8-24(22)25/h1-8,13-15,25,34-35H,9-12,16-17H2. The molecular weight excluding hydrogens is 457 g/mol. The molecule has 0 radical (unpaired) electrons. The number of carbonyl (C=O) groups excluding carboxylic acids is 1. The van der Waals surface area contributed by atoms with Gasteiger partial charge in [-0.05, 0) is 44.9 Å². The molecule has 3 aromatic carbocycles. The fourth-order valence-corrected chi connectivity index (χ4v) is 5.08. The van der Waals surface area contributed by atoms with Crippen LogP contribution in [-0.4, -0.2) is 65.8 Å². The maximum atomic E-state index is 12.9. The van der Waals surface area contributed by atoms with E-state index in [-0.39, 0.29) is 17.5 Å². The number of azide groups is 1. The lowest BCUT2D eigenvalue weighted by atomic mass is 9.79. The van der Waals surface area contributed by atoms with Gasteiger partial charge in [0.05, 0.1) is 0 Å². The van der Waals surface area contributed by atoms with E-state index in [4.69, 9.17) is 10.3 Å². The van der Waals surface area contributed by atoms with Crippen molar-refractivity contribution in [1.29, 1.82) is 0 Å². The number of nitrogens with zero attached hydrogens (tertiary/aromatic N) is 5. The highest BCUT2D eigenvalue weighted by atomic mass is 16.6. The zero-order valence-corrected chi connectivity index (χ0v) is 19.7. The second kappa shape index (κ2) is 10.4. The Morgan fingerprint density at radius 1 is 1.00 bits per heavy atom. The summed E-state index contributed by atoms with van der Waals surface area (Å²) >= 11 is 0. The quantitative estimate of drug-likeness (QED) is 0.241. The first-order chi connectivity index (χ1) is 17.5. The highest BCUT2D eigenvalue weighted by molar-refractivity contribution is 6.58. The molecule has 1 fully saturated rings. The summed E-state index contributed by atoms with van der Waals surface area (Å²) in [6.45, 7) is 3.18. The third-order valence-corrected chi connectivity index (χ3v) is 6.83. The van der Waals surface area contributed by atoms with Gasteiger partial charge in [-0.25, -0.2) is 4.79 Å². The molecular formula is C26H26BN5O4. The first-order valence-corrected chi connectivity index (χ1v) is 11.9. The molecule has 0 saturated carbocycles. The summed E-state index contributed by atoms with van der Waals surface area (Å²) in [5.41, 5.74) is 14.9. The number of benzene rings is 3. The molecule has 1 aliphatic carbocycles. The number of carbonyl (C=O) groups is 1. The number of amides is 1. The van der Waals surface area contributed by atoms with Gasteiger partial charge in [0, 0.05) is 49.2 Å². The van der Waals surface area contributed by atoms with E-state index < -0.39 is 7.12 Å². The van der Waals surface area contributed by atoms with Crippen LogP contribution in [0.1, 0.15) is 22.6 Å². The Labute approximate surface area is 209 Å². The molecule has 10 heteroatoms. The van der Waals surface area contributed by atoms with Gasteiger partial charge in [0.1, 0.15) is 6.61 Å². The minimum Gasteiger partial charge on any atom is -0.448 e. The van der Waals surface area contributed by atoms with Crippen LogP contribution in [0.4, 0.5) is 10.5 Å². The zero-order valence-electron chi connectivity index (χ0n) is 19.7. The third-order valence-electron chi connectivity index (χ3n) is 6.83. The Morgan fingerprint density at radius 3 is 2.25 bits per heavy atom. The fourth-order valence-electron chi connectivity index (χ4n) is 5.08. The van der Waals surface area contributed by atoms with Crippen molar-refractivity contribution in [2.75, 3.05) is 32.8 Å². The lowest BCUT2D eigenvalue weighted by molar-refractivity contribution is 0.0728. The second-order valence-corrected chi connectivity index (χ2v) is 9.06. The predicted octanol–water partition coefficient (Wildman–Crippen LogP) is 3.37. The highest BCUT2D eigenvalue weighted by Crippen LogP contribution is 2.44. The van der Waals surface area contributed by atoms with Crippen molar-refractivity contribution in [3.05, 3.63) is 93.9 Å². The molecule has 0 spiro atoms. The van der Waals surface area contributed by atoms with E-state index in [9.17, 15) is 14.8 Å². The largest absolute Gasteiger partial charge is 0.488 e. The van der Waals surface area contributed by atoms with Crippen LogP contribution in [0.2, 0.25) is 0 Å². The van der Waals surface area contributed by atoms with E-state index >= 15 is 0 Å². The van der Waals surface area contributed by atoms with E-state index in [0.29, 0.717) is 45.0 Å². The summed E-state index contributed by atoms with van der Waals surface area (Å²) in [7, 11) is -1.65. The number of hydrogen-bond acceptors (Lipinski definition) is 6. The van der Waals surface area contributed by atoms with Crippen LogP contribution in [0.3, 0.4) is 0 Å². The van der Waals surface area contributed by atoms with Crippen molar-refractivity contribution in [2.45, 2.75) is 12.5 Å². The SMILES string of the molecule is [N-]=[N+]=Nc1cc(CN2CCN(C(=O)OCC3c4ccccc4-c4ccccc43)CC2)cc(B(O)O)c1. The van der Waals surface area contributed by atoms with Crippen LogP contribution in [0, 0.1) is 0 Å². The van der Waals surface area contributed by atoms with E-state index in [2.05, 4.69) is 39.2 Å². The molecule has 36 heavy (non-hydrogen) atoms. The van der Waals surface area contributed by atoms with Crippen LogP contribution >= 0.6 is 0 Å². The first-order valence-electron chi connectivity index (χ1n) is 11.9. The third kappa shape index (κ3) is 4.93. The van der Waals surface area contributed by atoms with Gasteiger partial charge in [-0.15, -0.1) is 0 Å². The lowest BCUT2D eigenvalue weighted by Gasteiger charge is -2.34. The van der Waals surface area contributed by atoms with Gasteiger partial charge in [0.15, 0.2) is 0 Å². The summed E-state index contributed by atoms with van der Waals surface area (Å²) in [5.74, 6) is 0.0297. The van der Waals surface area contributed by atoms with Crippen molar-refractivity contribution in [1.82, 2.24) is 9.80 Å². The van der Waals surface area contributed by atoms with Gasteiger partial charge >= 0.3 is 13.2 Å². The molecule has 0 bridgehead atoms. The molecule has 3 aromatic rings. The molecule has 1 saturated heterocycles. The summed E-state index contributed by atoms with van der Waals surface area (Å²) in [5, 5.41) is 22.6. The van der Waals surface area contributed by atoms with Crippen molar-refractivity contribution in [3.8, 4) is 11.1 Å². The number of ether oxygens (including phenoxy) is 1. The molecule has 0 aromatic heterocycles. The lowest BCUT2D eigenvalue weighted by Crippen LogP contribution is -2.48. The summed E-state index contributed by atoms with van der Waals surface area (Å²) in [6, 6.07) is 21.4. The molecule has 5 rings (SSSR count). The molecule has 2 N–H and O–H groups in total. The fraction of sp³-hybridized carbons (Fsp3) is 0.269. The Balaban J connectivity index is 1.18. The Hall–Kier alpha value is -3.82. The van der Waals surface area contributed by atoms with E-state index in [1.165, 1.54) is 28.3 Å². The van der Waals surface area contributed by atoms with Gasteiger partial charge in [-0.3, -0.25) is 4.90 Å². The van der Waals surface area contributed by atoms with Crippen LogP contribution in [-0.2, 0) is 11.3 Å². The van der Waals surface area contributed by atoms with Gasteiger partial charge in [0.25, 0.3) is 0 Å². The number of piperazine rings is 1. The summed E-state index contributed by atoms with van der Waals surface area (Å²) in [6.07, 6.45) is -0.312. The van der Waals surface area contributed by atoms with E-state index in [1.807, 2.05) is 24.3 Å². The van der Waals surface area contributed by atoms with Crippen molar-refractivity contribution in [3.63, 3.8) is 0 Å². The normalized spacial score (nSPS) is 15.1. The molecule has 182 valence electrons. The van der Waals surface area contributed by atoms with Crippen molar-refractivity contribution >= 4 is 24.4 Å². The molecule has 2 aliphatic rings. The zero-order chi connectivity index (χ0) is 25.1. The van der Waals surface area contributed by atoms with Gasteiger partial charge < -0.3 is 19.7 Å². The maximum absolute atomic E-state index is 12.9. The minimum absolute atomic E-state index is 0.0297. The monoisotopic (exact) mass is 483 g/mol. The van der Waals surface area contributed by atoms with Crippen LogP contribution in [0.15, 0.2) is 71.8 Å². The number of fused-ring (bicyclic) bond motifs is 3. The first kappa shape index (κ1) is 23.9. The maximum Gasteiger partial charge on any atom is 0.488 e. The summed E-state index contributed by atoms with van der Waals surface area (Å²) in [4.78, 5) is 19.5. The molecule has 1 aliphatic heterocycles. The topological polar surface area (TPSA) is 122 Å². The van der Waals surface area contributed by atoms with Gasteiger partial charge in [-0.1, -0.05) is 65.8 Å². The summed E-state index contributed by atoms with van der Waals surface area (Å²) < 4.78 is 5.78. The second-order valence-electron chi connectivity index (χ2n) is 9.06. The molecule has 0 unspecified atom stereocenters. The van der Waals surface area contributed by atoms with Crippen molar-refractivity contribution in [2.24, 2.45) is 5.11 Å². The van der Waals surface area contributed by atoms with Crippen molar-refractivity contribution < 1.29 is 19.6 Å². The van der Waals surface area contributed by atoms with E-state index in [0.717, 1.165) is 5.56 Å². The molecule has 1 heterocycles. The number of hydrogen-bond donors (Lipinski definition) is 2. The molecule has 9 nitrogen and oxygen atoms in total. The minimum atomic E-state index is -1.65. The number of rotatable bonds is 6. The van der Waals surface area contributed by atoms with Crippen LogP contribution in [0.25, 0.3) is 21.6 Å². The van der Waals surface area contributed by atoms with Crippen LogP contribution < -0.4 is 5.46 Å². The Kier molecular flexibility index (Phi) is 6.93. The average molecular weight is 483 g/mol. The molecule has 0 atom stereocenters. The van der Waals surface area contributed by atoms with Gasteiger partial charge in [-0.2, -0.15) is 0 Å². The Bertz CT molecular complexity index is 1270. The average Bonchev–Trinajstić information content (AvgIpc) is 3.21.